The number of pyridine rings is 2. The summed E-state index contributed by atoms with van der Waals surface area (Å²) in [5.41, 5.74) is 6.90. The molecule has 3 N–H and O–H groups in total. The topological polar surface area (TPSA) is 93.6 Å². The lowest BCUT2D eigenvalue weighted by atomic mass is 10.2. The Morgan fingerprint density at radius 2 is 2.00 bits per heavy atom. The number of amidine groups is 1. The lowest BCUT2D eigenvalue weighted by Gasteiger charge is -2.06. The van der Waals surface area contributed by atoms with E-state index in [1.54, 1.807) is 18.3 Å². The summed E-state index contributed by atoms with van der Waals surface area (Å²) < 4.78 is 5.68. The van der Waals surface area contributed by atoms with Crippen LogP contribution in [0.5, 0.6) is 11.6 Å². The van der Waals surface area contributed by atoms with Gasteiger partial charge in [0.05, 0.1) is 5.52 Å². The molecule has 0 amide bonds. The van der Waals surface area contributed by atoms with Gasteiger partial charge in [-0.1, -0.05) is 11.2 Å². The second-order valence-corrected chi connectivity index (χ2v) is 4.33. The molecule has 0 saturated carbocycles. The lowest BCUT2D eigenvalue weighted by molar-refractivity contribution is 0.318. The molecule has 2 aromatic heterocycles. The maximum Gasteiger partial charge on any atom is 0.219 e. The van der Waals surface area contributed by atoms with E-state index in [1.807, 2.05) is 30.3 Å². The van der Waals surface area contributed by atoms with Crippen LogP contribution >= 0.6 is 0 Å². The third-order valence-electron chi connectivity index (χ3n) is 2.94. The number of hydrogen-bond donors (Lipinski definition) is 2. The molecule has 0 aliphatic rings. The predicted octanol–water partition coefficient (Wildman–Crippen LogP) is 2.52. The van der Waals surface area contributed by atoms with Crippen LogP contribution in [0.15, 0.2) is 60.0 Å². The Labute approximate surface area is 120 Å². The van der Waals surface area contributed by atoms with Gasteiger partial charge in [-0.25, -0.2) is 4.98 Å². The molecule has 1 aromatic carbocycles. The van der Waals surface area contributed by atoms with E-state index in [4.69, 9.17) is 15.7 Å². The highest BCUT2D eigenvalue weighted by Crippen LogP contribution is 2.23. The van der Waals surface area contributed by atoms with Gasteiger partial charge in [0.2, 0.25) is 5.88 Å². The third-order valence-corrected chi connectivity index (χ3v) is 2.94. The largest absolute Gasteiger partial charge is 0.439 e. The zero-order valence-electron chi connectivity index (χ0n) is 11.0. The van der Waals surface area contributed by atoms with Gasteiger partial charge >= 0.3 is 0 Å². The van der Waals surface area contributed by atoms with Crippen molar-refractivity contribution < 1.29 is 9.94 Å². The van der Waals surface area contributed by atoms with Gasteiger partial charge in [-0.05, 0) is 24.3 Å². The molecule has 0 aliphatic carbocycles. The van der Waals surface area contributed by atoms with Crippen LogP contribution in [-0.4, -0.2) is 21.0 Å². The Morgan fingerprint density at radius 1 is 1.10 bits per heavy atom. The first-order chi connectivity index (χ1) is 10.3. The number of rotatable bonds is 3. The summed E-state index contributed by atoms with van der Waals surface area (Å²) in [5, 5.41) is 12.7. The Hall–Kier alpha value is -3.15. The van der Waals surface area contributed by atoms with Crippen molar-refractivity contribution in [1.82, 2.24) is 9.97 Å². The highest BCUT2D eigenvalue weighted by molar-refractivity contribution is 5.97. The van der Waals surface area contributed by atoms with Crippen molar-refractivity contribution in [2.75, 3.05) is 0 Å². The molecule has 6 nitrogen and oxygen atoms in total. The molecule has 3 aromatic rings. The highest BCUT2D eigenvalue weighted by Gasteiger charge is 2.05. The van der Waals surface area contributed by atoms with E-state index >= 15 is 0 Å². The summed E-state index contributed by atoms with van der Waals surface area (Å²) in [6, 6.07) is 12.7. The molecular weight excluding hydrogens is 268 g/mol. The van der Waals surface area contributed by atoms with E-state index in [-0.39, 0.29) is 5.84 Å². The molecule has 0 spiro atoms. The van der Waals surface area contributed by atoms with Gasteiger partial charge in [0.15, 0.2) is 5.84 Å². The van der Waals surface area contributed by atoms with E-state index < -0.39 is 0 Å². The fourth-order valence-corrected chi connectivity index (χ4v) is 1.91. The smallest absolute Gasteiger partial charge is 0.219 e. The van der Waals surface area contributed by atoms with Crippen LogP contribution in [0.1, 0.15) is 5.56 Å². The summed E-state index contributed by atoms with van der Waals surface area (Å²) >= 11 is 0. The van der Waals surface area contributed by atoms with E-state index in [1.165, 1.54) is 6.20 Å². The van der Waals surface area contributed by atoms with Crippen LogP contribution in [0.4, 0.5) is 0 Å². The van der Waals surface area contributed by atoms with Crippen molar-refractivity contribution in [2.45, 2.75) is 0 Å². The van der Waals surface area contributed by atoms with Crippen molar-refractivity contribution in [3.8, 4) is 11.6 Å². The monoisotopic (exact) mass is 280 g/mol. The summed E-state index contributed by atoms with van der Waals surface area (Å²) in [4.78, 5) is 8.37. The third kappa shape index (κ3) is 2.74. The van der Waals surface area contributed by atoms with Crippen LogP contribution in [0.25, 0.3) is 10.9 Å². The lowest BCUT2D eigenvalue weighted by Crippen LogP contribution is -2.13. The minimum absolute atomic E-state index is 0.00225. The maximum absolute atomic E-state index is 8.68. The minimum atomic E-state index is 0.00225. The Morgan fingerprint density at radius 3 is 2.86 bits per heavy atom. The molecule has 21 heavy (non-hydrogen) atoms. The van der Waals surface area contributed by atoms with Crippen LogP contribution in [0.3, 0.4) is 0 Å². The summed E-state index contributed by atoms with van der Waals surface area (Å²) in [6.07, 6.45) is 3.26. The number of nitrogens with two attached hydrogens (primary N) is 1. The first-order valence-electron chi connectivity index (χ1n) is 6.23. The van der Waals surface area contributed by atoms with Gasteiger partial charge in [0.25, 0.3) is 0 Å². The van der Waals surface area contributed by atoms with Crippen molar-refractivity contribution >= 4 is 16.7 Å². The molecule has 0 aliphatic heterocycles. The van der Waals surface area contributed by atoms with Gasteiger partial charge in [-0.2, -0.15) is 0 Å². The van der Waals surface area contributed by atoms with E-state index in [9.17, 15) is 0 Å². The van der Waals surface area contributed by atoms with Crippen molar-refractivity contribution in [3.05, 3.63) is 60.4 Å². The first-order valence-corrected chi connectivity index (χ1v) is 6.23. The standard InChI is InChI=1S/C15H12N4O2/c16-15(19-20)11-5-7-18-14(8-11)21-12-4-3-10-2-1-6-17-13(10)9-12/h1-9,20H,(H2,16,19). The SMILES string of the molecule is N/C(=N/O)c1ccnc(Oc2ccc3cccnc3c2)c1. The molecule has 0 unspecified atom stereocenters. The van der Waals surface area contributed by atoms with Gasteiger partial charge in [0, 0.05) is 35.5 Å². The average molecular weight is 280 g/mol. The van der Waals surface area contributed by atoms with Crippen molar-refractivity contribution in [1.29, 1.82) is 0 Å². The summed E-state index contributed by atoms with van der Waals surface area (Å²) in [7, 11) is 0. The zero-order chi connectivity index (χ0) is 14.7. The predicted molar refractivity (Wildman–Crippen MR) is 78.6 cm³/mol. The molecule has 0 fully saturated rings. The molecule has 6 heteroatoms. The number of hydrogen-bond acceptors (Lipinski definition) is 5. The fourth-order valence-electron chi connectivity index (χ4n) is 1.91. The maximum atomic E-state index is 8.68. The number of ether oxygens (including phenoxy) is 1. The Bertz CT molecular complexity index is 817. The van der Waals surface area contributed by atoms with Crippen LogP contribution in [0, 0.1) is 0 Å². The number of benzene rings is 1. The molecule has 0 saturated heterocycles. The van der Waals surface area contributed by atoms with E-state index in [0.717, 1.165) is 10.9 Å². The molecular formula is C15H12N4O2. The highest BCUT2D eigenvalue weighted by atomic mass is 16.5. The Balaban J connectivity index is 1.91. The minimum Gasteiger partial charge on any atom is -0.439 e. The number of oxime groups is 1. The molecule has 104 valence electrons. The second-order valence-electron chi connectivity index (χ2n) is 4.33. The van der Waals surface area contributed by atoms with Crippen LogP contribution in [0.2, 0.25) is 0 Å². The molecule has 2 heterocycles. The van der Waals surface area contributed by atoms with E-state index in [0.29, 0.717) is 17.2 Å². The van der Waals surface area contributed by atoms with Gasteiger partial charge in [-0.15, -0.1) is 0 Å². The number of nitrogens with zero attached hydrogens (tertiary/aromatic N) is 3. The quantitative estimate of drug-likeness (QED) is 0.333. The number of aromatic nitrogens is 2. The Kier molecular flexibility index (Phi) is 3.34. The average Bonchev–Trinajstić information content (AvgIpc) is 2.54. The van der Waals surface area contributed by atoms with Gasteiger partial charge < -0.3 is 15.7 Å². The van der Waals surface area contributed by atoms with Crippen molar-refractivity contribution in [3.63, 3.8) is 0 Å². The second kappa shape index (κ2) is 5.46. The van der Waals surface area contributed by atoms with E-state index in [2.05, 4.69) is 15.1 Å². The summed E-state index contributed by atoms with van der Waals surface area (Å²) in [5.74, 6) is 0.974. The molecule has 0 atom stereocenters. The zero-order valence-corrected chi connectivity index (χ0v) is 11.0. The number of fused-ring (bicyclic) bond motifs is 1. The molecule has 0 radical (unpaired) electrons. The van der Waals surface area contributed by atoms with Crippen LogP contribution in [-0.2, 0) is 0 Å². The fraction of sp³-hybridized carbons (Fsp3) is 0. The summed E-state index contributed by atoms with van der Waals surface area (Å²) in [6.45, 7) is 0. The van der Waals surface area contributed by atoms with Gasteiger partial charge in [-0.3, -0.25) is 4.98 Å². The normalized spacial score (nSPS) is 11.5. The first kappa shape index (κ1) is 12.9. The van der Waals surface area contributed by atoms with Crippen molar-refractivity contribution in [2.24, 2.45) is 10.9 Å². The molecule has 0 bridgehead atoms. The van der Waals surface area contributed by atoms with Gasteiger partial charge in [0.1, 0.15) is 5.75 Å². The molecule has 3 rings (SSSR count). The van der Waals surface area contributed by atoms with Crippen LogP contribution < -0.4 is 10.5 Å².